The summed E-state index contributed by atoms with van der Waals surface area (Å²) in [7, 11) is 0. The van der Waals surface area contributed by atoms with E-state index in [4.69, 9.17) is 0 Å². The van der Waals surface area contributed by atoms with Gasteiger partial charge in [-0.05, 0) is 4.92 Å². The molecule has 5 nitrogen and oxygen atoms in total. The molecule has 0 aliphatic carbocycles. The Morgan fingerprint density at radius 3 is 2.64 bits per heavy atom. The Morgan fingerprint density at radius 2 is 2.18 bits per heavy atom. The van der Waals surface area contributed by atoms with Crippen molar-refractivity contribution in [2.75, 3.05) is 0 Å². The van der Waals surface area contributed by atoms with Crippen LogP contribution in [-0.2, 0) is 0 Å². The quantitative estimate of drug-likeness (QED) is 0.365. The molecule has 11 heavy (non-hydrogen) atoms. The number of H-pyrrole nitrogens is 1. The molecule has 0 amide bonds. The van der Waals surface area contributed by atoms with Crippen LogP contribution in [0.2, 0.25) is 0 Å². The zero-order valence-corrected chi connectivity index (χ0v) is 5.20. The van der Waals surface area contributed by atoms with E-state index in [1.807, 2.05) is 0 Å². The van der Waals surface area contributed by atoms with Crippen molar-refractivity contribution in [3.63, 3.8) is 0 Å². The van der Waals surface area contributed by atoms with Gasteiger partial charge in [0.05, 0.1) is 12.1 Å². The van der Waals surface area contributed by atoms with E-state index in [1.54, 1.807) is 4.98 Å². The van der Waals surface area contributed by atoms with Gasteiger partial charge >= 0.3 is 5.82 Å². The van der Waals surface area contributed by atoms with Crippen LogP contribution in [-0.4, -0.2) is 9.91 Å². The molecule has 0 aliphatic rings. The lowest BCUT2D eigenvalue weighted by Gasteiger charge is -1.91. The van der Waals surface area contributed by atoms with Crippen LogP contribution < -0.4 is 5.43 Å². The number of halogens is 1. The first-order chi connectivity index (χ1) is 5.09. The number of nitrogens with zero attached hydrogens (tertiary/aromatic N) is 1. The number of hydrogen-bond acceptors (Lipinski definition) is 3. The molecule has 1 N–H and O–H groups in total. The van der Waals surface area contributed by atoms with Crippen LogP contribution in [0.1, 0.15) is 0 Å². The SMILES string of the molecule is O=c1cc(F)[nH]c([N+](=O)[O-])c1. The highest BCUT2D eigenvalue weighted by atomic mass is 19.1. The summed E-state index contributed by atoms with van der Waals surface area (Å²) in [6.07, 6.45) is 0. The predicted octanol–water partition coefficient (Wildman–Crippen LogP) is 0.422. The van der Waals surface area contributed by atoms with Crippen LogP contribution in [0.3, 0.4) is 0 Å². The van der Waals surface area contributed by atoms with Crippen LogP contribution in [0.15, 0.2) is 16.9 Å². The maximum absolute atomic E-state index is 12.2. The van der Waals surface area contributed by atoms with Gasteiger partial charge in [0.15, 0.2) is 5.43 Å². The van der Waals surface area contributed by atoms with Crippen molar-refractivity contribution in [3.05, 3.63) is 38.4 Å². The summed E-state index contributed by atoms with van der Waals surface area (Å²) in [5, 5.41) is 9.97. The van der Waals surface area contributed by atoms with Crippen LogP contribution in [0, 0.1) is 16.1 Å². The third kappa shape index (κ3) is 1.60. The second-order valence-electron chi connectivity index (χ2n) is 1.81. The molecule has 0 saturated heterocycles. The van der Waals surface area contributed by atoms with Gasteiger partial charge in [-0.3, -0.25) is 4.79 Å². The molecule has 1 aromatic rings. The average molecular weight is 158 g/mol. The Kier molecular flexibility index (Phi) is 1.67. The van der Waals surface area contributed by atoms with E-state index in [2.05, 4.69) is 0 Å². The van der Waals surface area contributed by atoms with E-state index in [-0.39, 0.29) is 0 Å². The van der Waals surface area contributed by atoms with Gasteiger partial charge in [-0.1, -0.05) is 0 Å². The van der Waals surface area contributed by atoms with Gasteiger partial charge in [-0.25, -0.2) is 4.98 Å². The molecule has 0 aliphatic heterocycles. The van der Waals surface area contributed by atoms with Crippen LogP contribution >= 0.6 is 0 Å². The van der Waals surface area contributed by atoms with E-state index in [9.17, 15) is 19.3 Å². The minimum absolute atomic E-state index is 0.632. The number of nitrogens with one attached hydrogen (secondary N) is 1. The van der Waals surface area contributed by atoms with E-state index in [0.717, 1.165) is 0 Å². The lowest BCUT2D eigenvalue weighted by molar-refractivity contribution is -0.390. The number of rotatable bonds is 1. The van der Waals surface area contributed by atoms with Crippen molar-refractivity contribution in [3.8, 4) is 0 Å². The van der Waals surface area contributed by atoms with E-state index in [1.165, 1.54) is 0 Å². The number of aromatic nitrogens is 1. The maximum Gasteiger partial charge on any atom is 0.326 e. The first kappa shape index (κ1) is 7.39. The third-order valence-corrected chi connectivity index (χ3v) is 0.992. The highest BCUT2D eigenvalue weighted by Gasteiger charge is 2.06. The summed E-state index contributed by atoms with van der Waals surface area (Å²) >= 11 is 0. The van der Waals surface area contributed by atoms with Crippen molar-refractivity contribution < 1.29 is 9.31 Å². The second kappa shape index (κ2) is 2.49. The predicted molar refractivity (Wildman–Crippen MR) is 33.7 cm³/mol. The molecular formula is C5H3FN2O3. The molecule has 6 heteroatoms. The van der Waals surface area contributed by atoms with E-state index >= 15 is 0 Å². The zero-order valence-electron chi connectivity index (χ0n) is 5.20. The van der Waals surface area contributed by atoms with Crippen molar-refractivity contribution in [2.24, 2.45) is 0 Å². The van der Waals surface area contributed by atoms with E-state index in [0.29, 0.717) is 12.1 Å². The molecule has 1 aromatic heterocycles. The first-order valence-corrected chi connectivity index (χ1v) is 2.64. The van der Waals surface area contributed by atoms with Crippen molar-refractivity contribution in [1.82, 2.24) is 4.98 Å². The fraction of sp³-hybridized carbons (Fsp3) is 0. The molecule has 0 aromatic carbocycles. The number of nitro groups is 1. The summed E-state index contributed by atoms with van der Waals surface area (Å²) in [6, 6.07) is 1.34. The summed E-state index contributed by atoms with van der Waals surface area (Å²) in [6.45, 7) is 0. The third-order valence-electron chi connectivity index (χ3n) is 0.992. The first-order valence-electron chi connectivity index (χ1n) is 2.64. The van der Waals surface area contributed by atoms with Gasteiger partial charge in [0.2, 0.25) is 0 Å². The lowest BCUT2D eigenvalue weighted by Crippen LogP contribution is -2.04. The Labute approximate surface area is 59.6 Å². The molecule has 0 fully saturated rings. The van der Waals surface area contributed by atoms with Gasteiger partial charge in [0, 0.05) is 0 Å². The number of aromatic amines is 1. The molecule has 0 saturated carbocycles. The van der Waals surface area contributed by atoms with Crippen LogP contribution in [0.25, 0.3) is 0 Å². The van der Waals surface area contributed by atoms with Gasteiger partial charge in [-0.2, -0.15) is 4.39 Å². The molecular weight excluding hydrogens is 155 g/mol. The average Bonchev–Trinajstić information content (AvgIpc) is 1.85. The molecule has 1 heterocycles. The normalized spacial score (nSPS) is 9.55. The summed E-state index contributed by atoms with van der Waals surface area (Å²) in [4.78, 5) is 21.3. The highest BCUT2D eigenvalue weighted by molar-refractivity contribution is 5.17. The Morgan fingerprint density at radius 1 is 1.55 bits per heavy atom. The number of pyridine rings is 1. The fourth-order valence-electron chi connectivity index (χ4n) is 0.594. The molecule has 58 valence electrons. The van der Waals surface area contributed by atoms with Crippen LogP contribution in [0.5, 0.6) is 0 Å². The van der Waals surface area contributed by atoms with Crippen molar-refractivity contribution >= 4 is 5.82 Å². The molecule has 0 atom stereocenters. The van der Waals surface area contributed by atoms with Crippen molar-refractivity contribution in [2.45, 2.75) is 0 Å². The van der Waals surface area contributed by atoms with E-state index < -0.39 is 22.1 Å². The minimum Gasteiger partial charge on any atom is -0.358 e. The van der Waals surface area contributed by atoms with Gasteiger partial charge in [-0.15, -0.1) is 0 Å². The lowest BCUT2D eigenvalue weighted by atomic mass is 10.4. The Hall–Kier alpha value is -1.72. The molecule has 0 radical (unpaired) electrons. The second-order valence-corrected chi connectivity index (χ2v) is 1.81. The van der Waals surface area contributed by atoms with Crippen LogP contribution in [0.4, 0.5) is 10.2 Å². The summed E-state index contributed by atoms with van der Waals surface area (Å²) in [5.41, 5.74) is -0.729. The van der Waals surface area contributed by atoms with Gasteiger partial charge < -0.3 is 10.1 Å². The summed E-state index contributed by atoms with van der Waals surface area (Å²) < 4.78 is 12.2. The molecule has 0 bridgehead atoms. The zero-order chi connectivity index (χ0) is 8.43. The monoisotopic (exact) mass is 158 g/mol. The Bertz CT molecular complexity index is 346. The standard InChI is InChI=1S/C5H3FN2O3/c6-4-1-3(9)2-5(7-4)8(10)11/h1-2H,(H,7,9). The molecule has 0 spiro atoms. The van der Waals surface area contributed by atoms with Crippen molar-refractivity contribution in [1.29, 1.82) is 0 Å². The minimum atomic E-state index is -1.01. The molecule has 1 rings (SSSR count). The maximum atomic E-state index is 12.2. The van der Waals surface area contributed by atoms with Gasteiger partial charge in [0.25, 0.3) is 5.95 Å². The Balaban J connectivity index is 3.30. The molecule has 0 unspecified atom stereocenters. The largest absolute Gasteiger partial charge is 0.358 e. The number of hydrogen-bond donors (Lipinski definition) is 1. The summed E-state index contributed by atoms with van der Waals surface area (Å²) in [5.74, 6) is -1.65. The van der Waals surface area contributed by atoms with Gasteiger partial charge in [0.1, 0.15) is 0 Å². The topological polar surface area (TPSA) is 76.0 Å². The highest BCUT2D eigenvalue weighted by Crippen LogP contribution is 2.01. The smallest absolute Gasteiger partial charge is 0.326 e. The fourth-order valence-corrected chi connectivity index (χ4v) is 0.594.